The molecule has 0 bridgehead atoms. The molecule has 0 aromatic carbocycles. The topological polar surface area (TPSA) is 25.2 Å². The van der Waals surface area contributed by atoms with Crippen LogP contribution in [0.2, 0.25) is 0 Å². The van der Waals surface area contributed by atoms with Crippen molar-refractivity contribution in [1.29, 1.82) is 0 Å². The normalized spacial score (nSPS) is 22.3. The van der Waals surface area contributed by atoms with Crippen LogP contribution >= 0.6 is 0 Å². The average Bonchev–Trinajstić information content (AvgIpc) is 2.85. The van der Waals surface area contributed by atoms with Crippen molar-refractivity contribution in [2.45, 2.75) is 31.7 Å². The molecule has 0 amide bonds. The van der Waals surface area contributed by atoms with E-state index >= 15 is 0 Å². The molecular weight excluding hydrogens is 150 g/mol. The molecule has 0 unspecified atom stereocenters. The molecule has 0 radical (unpaired) electrons. The predicted molar refractivity (Wildman–Crippen MR) is 46.1 cm³/mol. The molecule has 1 N–H and O–H groups in total. The minimum absolute atomic E-state index is 0.760. The number of fused-ring (bicyclic) bond motifs is 1. The van der Waals surface area contributed by atoms with Crippen LogP contribution in [0.15, 0.2) is 10.5 Å². The van der Waals surface area contributed by atoms with Crippen molar-refractivity contribution in [1.82, 2.24) is 5.32 Å². The van der Waals surface area contributed by atoms with E-state index in [1.807, 2.05) is 0 Å². The first-order chi connectivity index (χ1) is 5.93. The van der Waals surface area contributed by atoms with Gasteiger partial charge in [-0.15, -0.1) is 0 Å². The van der Waals surface area contributed by atoms with Crippen LogP contribution in [-0.4, -0.2) is 6.54 Å². The third-order valence-electron chi connectivity index (χ3n) is 2.75. The summed E-state index contributed by atoms with van der Waals surface area (Å²) in [6.07, 6.45) is 3.81. The molecule has 2 nitrogen and oxygen atoms in total. The van der Waals surface area contributed by atoms with Crippen molar-refractivity contribution in [2.24, 2.45) is 0 Å². The van der Waals surface area contributed by atoms with Crippen LogP contribution in [0.5, 0.6) is 0 Å². The van der Waals surface area contributed by atoms with Gasteiger partial charge in [0.1, 0.15) is 11.5 Å². The summed E-state index contributed by atoms with van der Waals surface area (Å²) in [5, 5.41) is 3.32. The zero-order chi connectivity index (χ0) is 7.97. The number of nitrogens with one attached hydrogen (secondary N) is 1. The van der Waals surface area contributed by atoms with Crippen molar-refractivity contribution < 1.29 is 4.42 Å². The lowest BCUT2D eigenvalue weighted by atomic mass is 10.1. The van der Waals surface area contributed by atoms with E-state index in [1.165, 1.54) is 29.9 Å². The van der Waals surface area contributed by atoms with E-state index in [4.69, 9.17) is 4.42 Å². The Kier molecular flexibility index (Phi) is 1.32. The van der Waals surface area contributed by atoms with E-state index in [0.29, 0.717) is 0 Å². The van der Waals surface area contributed by atoms with Crippen molar-refractivity contribution in [2.75, 3.05) is 6.54 Å². The lowest BCUT2D eigenvalue weighted by Gasteiger charge is -2.09. The zero-order valence-electron chi connectivity index (χ0n) is 7.10. The Hall–Kier alpha value is -0.760. The largest absolute Gasteiger partial charge is 0.464 e. The second-order valence-corrected chi connectivity index (χ2v) is 3.80. The first-order valence-electron chi connectivity index (χ1n) is 4.75. The van der Waals surface area contributed by atoms with Crippen LogP contribution in [0.4, 0.5) is 0 Å². The molecular formula is C10H13NO. The zero-order valence-corrected chi connectivity index (χ0v) is 7.10. The summed E-state index contributed by atoms with van der Waals surface area (Å²) in [6.45, 7) is 2.04. The van der Waals surface area contributed by atoms with Gasteiger partial charge in [0.25, 0.3) is 0 Å². The summed E-state index contributed by atoms with van der Waals surface area (Å²) in [4.78, 5) is 0. The van der Waals surface area contributed by atoms with Crippen molar-refractivity contribution in [3.63, 3.8) is 0 Å². The molecule has 0 saturated heterocycles. The first-order valence-corrected chi connectivity index (χ1v) is 4.75. The van der Waals surface area contributed by atoms with Crippen LogP contribution < -0.4 is 5.32 Å². The first kappa shape index (κ1) is 6.72. The smallest absolute Gasteiger partial charge is 0.121 e. The highest BCUT2D eigenvalue weighted by atomic mass is 16.3. The Bertz CT molecular complexity index is 275. The van der Waals surface area contributed by atoms with Crippen LogP contribution in [0.25, 0.3) is 0 Å². The summed E-state index contributed by atoms with van der Waals surface area (Å²) < 4.78 is 5.77. The second kappa shape index (κ2) is 2.36. The summed E-state index contributed by atoms with van der Waals surface area (Å²) >= 11 is 0. The van der Waals surface area contributed by atoms with Crippen molar-refractivity contribution in [3.8, 4) is 0 Å². The van der Waals surface area contributed by atoms with E-state index in [2.05, 4.69) is 11.4 Å². The molecule has 1 aliphatic carbocycles. The Morgan fingerprint density at radius 3 is 3.08 bits per heavy atom. The van der Waals surface area contributed by atoms with Gasteiger partial charge in [0.2, 0.25) is 0 Å². The second-order valence-electron chi connectivity index (χ2n) is 3.80. The molecule has 64 valence electrons. The molecule has 2 heterocycles. The van der Waals surface area contributed by atoms with Gasteiger partial charge in [-0.3, -0.25) is 0 Å². The Morgan fingerprint density at radius 2 is 2.33 bits per heavy atom. The molecule has 1 aliphatic heterocycles. The summed E-state index contributed by atoms with van der Waals surface area (Å²) in [7, 11) is 0. The fraction of sp³-hybridized carbons (Fsp3) is 0.600. The van der Waals surface area contributed by atoms with Gasteiger partial charge in [-0.1, -0.05) is 0 Å². The minimum atomic E-state index is 0.760. The maximum absolute atomic E-state index is 5.77. The van der Waals surface area contributed by atoms with Gasteiger partial charge in [-0.05, 0) is 37.4 Å². The molecule has 0 spiro atoms. The number of furan rings is 1. The molecule has 2 heteroatoms. The maximum atomic E-state index is 5.77. The van der Waals surface area contributed by atoms with Crippen molar-refractivity contribution in [3.05, 3.63) is 23.2 Å². The lowest BCUT2D eigenvalue weighted by molar-refractivity contribution is 0.434. The third kappa shape index (κ3) is 0.985. The fourth-order valence-electron chi connectivity index (χ4n) is 1.84. The monoisotopic (exact) mass is 163 g/mol. The Balaban J connectivity index is 1.97. The van der Waals surface area contributed by atoms with E-state index in [-0.39, 0.29) is 0 Å². The van der Waals surface area contributed by atoms with Gasteiger partial charge >= 0.3 is 0 Å². The van der Waals surface area contributed by atoms with Crippen LogP contribution in [-0.2, 0) is 13.0 Å². The highest BCUT2D eigenvalue weighted by molar-refractivity contribution is 5.27. The Morgan fingerprint density at radius 1 is 1.42 bits per heavy atom. The molecule has 1 fully saturated rings. The van der Waals surface area contributed by atoms with E-state index in [1.54, 1.807) is 0 Å². The summed E-state index contributed by atoms with van der Waals surface area (Å²) in [6, 6.07) is 2.27. The highest BCUT2D eigenvalue weighted by Gasteiger charge is 2.28. The summed E-state index contributed by atoms with van der Waals surface area (Å²) in [5.74, 6) is 3.18. The molecule has 1 aromatic rings. The molecule has 1 aromatic heterocycles. The highest BCUT2D eigenvalue weighted by Crippen LogP contribution is 2.41. The summed E-state index contributed by atoms with van der Waals surface area (Å²) in [5.41, 5.74) is 1.44. The molecule has 3 rings (SSSR count). The molecule has 12 heavy (non-hydrogen) atoms. The maximum Gasteiger partial charge on any atom is 0.121 e. The fourth-order valence-corrected chi connectivity index (χ4v) is 1.84. The van der Waals surface area contributed by atoms with E-state index < -0.39 is 0 Å². The van der Waals surface area contributed by atoms with Crippen LogP contribution in [0.1, 0.15) is 35.8 Å². The van der Waals surface area contributed by atoms with Gasteiger partial charge < -0.3 is 9.73 Å². The van der Waals surface area contributed by atoms with E-state index in [9.17, 15) is 0 Å². The van der Waals surface area contributed by atoms with E-state index in [0.717, 1.165) is 25.4 Å². The average molecular weight is 163 g/mol. The molecule has 1 saturated carbocycles. The lowest BCUT2D eigenvalue weighted by Crippen LogP contribution is -2.22. The number of hydrogen-bond acceptors (Lipinski definition) is 2. The predicted octanol–water partition coefficient (Wildman–Crippen LogP) is 1.80. The van der Waals surface area contributed by atoms with Crippen molar-refractivity contribution >= 4 is 0 Å². The van der Waals surface area contributed by atoms with Gasteiger partial charge in [0.05, 0.1) is 6.54 Å². The van der Waals surface area contributed by atoms with Gasteiger partial charge in [-0.25, -0.2) is 0 Å². The number of rotatable bonds is 1. The quantitative estimate of drug-likeness (QED) is 0.683. The Labute approximate surface area is 72.0 Å². The third-order valence-corrected chi connectivity index (χ3v) is 2.75. The van der Waals surface area contributed by atoms with Gasteiger partial charge in [0, 0.05) is 5.92 Å². The van der Waals surface area contributed by atoms with Gasteiger partial charge in [0.15, 0.2) is 0 Å². The molecule has 0 atom stereocenters. The minimum Gasteiger partial charge on any atom is -0.464 e. The van der Waals surface area contributed by atoms with Gasteiger partial charge in [-0.2, -0.15) is 0 Å². The molecule has 2 aliphatic rings. The van der Waals surface area contributed by atoms with Crippen LogP contribution in [0.3, 0.4) is 0 Å². The number of hydrogen-bond donors (Lipinski definition) is 1. The SMILES string of the molecule is c1c(C2CC2)oc2c1CCNC2. The standard InChI is InChI=1S/C10H13NO/c1-2-7(1)9-5-8-3-4-11-6-10(8)12-9/h5,7,11H,1-4,6H2. The van der Waals surface area contributed by atoms with Crippen LogP contribution in [0, 0.1) is 0 Å².